The third-order valence-electron chi connectivity index (χ3n) is 14.3. The van der Waals surface area contributed by atoms with Crippen LogP contribution in [0.2, 0.25) is 0 Å². The molecule has 33 atom stereocenters. The van der Waals surface area contributed by atoms with Crippen LogP contribution < -0.4 is 11.5 Å². The van der Waals surface area contributed by atoms with Gasteiger partial charge in [-0.3, -0.25) is 27.1 Å². The summed E-state index contributed by atoms with van der Waals surface area (Å²) >= 11 is 0. The summed E-state index contributed by atoms with van der Waals surface area (Å²) in [4.78, 5) is 0. The zero-order valence-corrected chi connectivity index (χ0v) is 43.9. The average Bonchev–Trinajstić information content (AvgIpc) is 3.95. The van der Waals surface area contributed by atoms with Gasteiger partial charge in [-0.25, -0.2) is 9.13 Å². The second-order valence-corrected chi connectivity index (χ2v) is 22.9. The van der Waals surface area contributed by atoms with E-state index >= 15 is 0 Å². The molecule has 7 rings (SSSR count). The summed E-state index contributed by atoms with van der Waals surface area (Å²) in [5.41, 5.74) is 7.37. The molecular formula is C40H74N2O35P2+2. The van der Waals surface area contributed by atoms with Crippen LogP contribution in [-0.4, -0.2) is 337 Å². The summed E-state index contributed by atoms with van der Waals surface area (Å²) in [6, 6.07) is -1.46. The van der Waals surface area contributed by atoms with Crippen molar-refractivity contribution >= 4 is 15.6 Å². The molecule has 0 amide bonds. The van der Waals surface area contributed by atoms with Crippen molar-refractivity contribution in [3.8, 4) is 0 Å². The molecule has 1 saturated carbocycles. The van der Waals surface area contributed by atoms with Crippen LogP contribution in [0.5, 0.6) is 0 Å². The molecular weight excluding hydrogens is 1130 g/mol. The van der Waals surface area contributed by atoms with Crippen LogP contribution in [0.25, 0.3) is 0 Å². The van der Waals surface area contributed by atoms with Gasteiger partial charge in [0.2, 0.25) is 6.29 Å². The zero-order valence-electron chi connectivity index (χ0n) is 42.1. The van der Waals surface area contributed by atoms with E-state index < -0.39 is 239 Å². The quantitative estimate of drug-likeness (QED) is 0.0448. The molecule has 0 aromatic heterocycles. The topological polar surface area (TPSA) is 581 Å². The van der Waals surface area contributed by atoms with Gasteiger partial charge in [0.25, 0.3) is 0 Å². The standard InChI is InChI=1S/C40H72N2O35P2/c1-62-78(60,65-4-3-41)66-9-14-19(49)25(55)34(74-37-28(58)21(51)16(46)10(5-43)67-37)40(71-14)75-33-24(54)17(47)11(6-44)68-39(33)64-8-13-18(48)22(52)29(59)38(70-13)72-30-12(7-45)69-36(15(42)20(30)50)73-31-26(56)23(53)27(57)32-35(31)77-79(61,63-2)76-32/h10-40,43-59H,3-9,41-42H2,1-2H3/p+2. The summed E-state index contributed by atoms with van der Waals surface area (Å²) < 4.78 is 115. The SMILES string of the molecule is COP(=O)(OCC[NH3+])OCC1OC(OC2C(OCC3OC(OC4C(CO)OC(OC5C(O)C(O)C(O)C6OP(=O)(OC)OC56)C([NH3+])C4O)C(O)C(O)C3O)OC(CO)C(O)C2O)C(OC2OC(CO)C(O)C(O)C2O)C(O)C1O. The van der Waals surface area contributed by atoms with E-state index in [1.165, 1.54) is 0 Å². The van der Waals surface area contributed by atoms with Gasteiger partial charge in [-0.2, -0.15) is 0 Å². The number of phosphoric ester groups is 2. The van der Waals surface area contributed by atoms with Crippen LogP contribution in [0.15, 0.2) is 0 Å². The Morgan fingerprint density at radius 2 is 0.886 bits per heavy atom. The highest BCUT2D eigenvalue weighted by Gasteiger charge is 2.63. The Morgan fingerprint density at radius 1 is 0.456 bits per heavy atom. The van der Waals surface area contributed by atoms with Crippen LogP contribution in [0, 0.1) is 0 Å². The van der Waals surface area contributed by atoms with Crippen molar-refractivity contribution in [1.82, 2.24) is 0 Å². The Balaban J connectivity index is 1.08. The van der Waals surface area contributed by atoms with E-state index in [2.05, 4.69) is 11.5 Å². The fourth-order valence-electron chi connectivity index (χ4n) is 9.67. The van der Waals surface area contributed by atoms with E-state index in [-0.39, 0.29) is 13.2 Å². The van der Waals surface area contributed by atoms with E-state index in [0.29, 0.717) is 0 Å². The molecule has 0 radical (unpaired) electrons. The van der Waals surface area contributed by atoms with Crippen molar-refractivity contribution in [3.63, 3.8) is 0 Å². The minimum Gasteiger partial charge on any atom is -0.394 e. The van der Waals surface area contributed by atoms with Crippen molar-refractivity contribution < 1.29 is 182 Å². The number of hydrogen-bond acceptors (Lipinski definition) is 35. The normalized spacial score (nSPS) is 51.4. The lowest BCUT2D eigenvalue weighted by Crippen LogP contribution is -2.79. The fourth-order valence-corrected chi connectivity index (χ4v) is 11.9. The number of phosphoric acid groups is 2. The first-order valence-electron chi connectivity index (χ1n) is 24.8. The molecule has 79 heavy (non-hydrogen) atoms. The predicted octanol–water partition coefficient (Wildman–Crippen LogP) is -13.6. The monoisotopic (exact) mass is 1200 g/mol. The first-order chi connectivity index (χ1) is 37.3. The number of quaternary nitrogens is 2. The van der Waals surface area contributed by atoms with Gasteiger partial charge in [-0.05, 0) is 0 Å². The van der Waals surface area contributed by atoms with Crippen molar-refractivity contribution in [1.29, 1.82) is 0 Å². The van der Waals surface area contributed by atoms with E-state index in [1.54, 1.807) is 0 Å². The van der Waals surface area contributed by atoms with Crippen molar-refractivity contribution in [2.75, 3.05) is 60.4 Å². The number of fused-ring (bicyclic) bond motifs is 1. The average molecular weight is 1200 g/mol. The Hall–Kier alpha value is -0.940. The van der Waals surface area contributed by atoms with Gasteiger partial charge in [0.1, 0.15) is 159 Å². The van der Waals surface area contributed by atoms with Crippen molar-refractivity contribution in [2.24, 2.45) is 0 Å². The molecule has 7 aliphatic rings. The molecule has 6 saturated heterocycles. The van der Waals surface area contributed by atoms with E-state index in [9.17, 15) is 95.9 Å². The van der Waals surface area contributed by atoms with Crippen molar-refractivity contribution in [3.05, 3.63) is 0 Å². The summed E-state index contributed by atoms with van der Waals surface area (Å²) in [7, 11) is -6.77. The lowest BCUT2D eigenvalue weighted by atomic mass is 9.84. The lowest BCUT2D eigenvalue weighted by Gasteiger charge is -2.49. The third kappa shape index (κ3) is 13.8. The molecule has 462 valence electrons. The van der Waals surface area contributed by atoms with Gasteiger partial charge in [-0.15, -0.1) is 0 Å². The Bertz CT molecular complexity index is 2010. The van der Waals surface area contributed by atoms with E-state index in [4.69, 9.17) is 74.5 Å². The maximum Gasteiger partial charge on any atom is 0.475 e. The van der Waals surface area contributed by atoms with Gasteiger partial charge in [0.15, 0.2) is 31.2 Å². The van der Waals surface area contributed by atoms with Gasteiger partial charge in [0.05, 0.1) is 39.6 Å². The lowest BCUT2D eigenvalue weighted by molar-refractivity contribution is -0.510. The highest BCUT2D eigenvalue weighted by atomic mass is 31.2. The van der Waals surface area contributed by atoms with Gasteiger partial charge in [-0.1, -0.05) is 0 Å². The molecule has 0 spiro atoms. The molecule has 6 aliphatic heterocycles. The molecule has 0 aromatic carbocycles. The van der Waals surface area contributed by atoms with Crippen LogP contribution >= 0.6 is 15.6 Å². The van der Waals surface area contributed by atoms with Gasteiger partial charge >= 0.3 is 15.6 Å². The fraction of sp³-hybridized carbons (Fsp3) is 1.00. The van der Waals surface area contributed by atoms with Gasteiger partial charge < -0.3 is 146 Å². The molecule has 23 N–H and O–H groups in total. The van der Waals surface area contributed by atoms with E-state index in [1.807, 2.05) is 0 Å². The molecule has 7 fully saturated rings. The summed E-state index contributed by atoms with van der Waals surface area (Å²) in [5.74, 6) is 0. The first kappa shape index (κ1) is 65.6. The molecule has 37 nitrogen and oxygen atoms in total. The molecule has 0 aromatic rings. The highest BCUT2D eigenvalue weighted by molar-refractivity contribution is 7.48. The Morgan fingerprint density at radius 3 is 1.46 bits per heavy atom. The summed E-state index contributed by atoms with van der Waals surface area (Å²) in [6.45, 7) is -4.85. The summed E-state index contributed by atoms with van der Waals surface area (Å²) in [6.07, 6.45) is -57.6. The highest BCUT2D eigenvalue weighted by Crippen LogP contribution is 2.60. The number of ether oxygens (including phenoxy) is 10. The van der Waals surface area contributed by atoms with Crippen LogP contribution in [0.1, 0.15) is 0 Å². The second-order valence-electron chi connectivity index (χ2n) is 19.4. The number of rotatable bonds is 22. The number of aliphatic hydroxyl groups excluding tert-OH is 17. The third-order valence-corrected chi connectivity index (χ3v) is 17.2. The Labute approximate surface area is 447 Å². The molecule has 39 heteroatoms. The number of aliphatic hydroxyl groups is 17. The van der Waals surface area contributed by atoms with Gasteiger partial charge in [0, 0.05) is 14.2 Å². The molecule has 0 bridgehead atoms. The first-order valence-corrected chi connectivity index (χ1v) is 27.7. The summed E-state index contributed by atoms with van der Waals surface area (Å²) in [5, 5.41) is 184. The maximum atomic E-state index is 13.1. The zero-order chi connectivity index (χ0) is 58.2. The minimum absolute atomic E-state index is 0.111. The van der Waals surface area contributed by atoms with Crippen LogP contribution in [0.3, 0.4) is 0 Å². The number of hydrogen-bond donors (Lipinski definition) is 19. The minimum atomic E-state index is -4.38. The molecule has 33 unspecified atom stereocenters. The molecule has 6 heterocycles. The predicted molar refractivity (Wildman–Crippen MR) is 239 cm³/mol. The Kier molecular flexibility index (Phi) is 22.9. The largest absolute Gasteiger partial charge is 0.475 e. The smallest absolute Gasteiger partial charge is 0.394 e. The van der Waals surface area contributed by atoms with Crippen LogP contribution in [-0.2, 0) is 83.6 Å². The maximum absolute atomic E-state index is 13.1. The van der Waals surface area contributed by atoms with E-state index in [0.717, 1.165) is 14.2 Å². The molecule has 1 aliphatic carbocycles. The van der Waals surface area contributed by atoms with Crippen molar-refractivity contribution in [2.45, 2.75) is 190 Å². The second kappa shape index (κ2) is 27.6. The van der Waals surface area contributed by atoms with Crippen LogP contribution in [0.4, 0.5) is 0 Å².